The van der Waals surface area contributed by atoms with Gasteiger partial charge in [0.15, 0.2) is 0 Å². The molecule has 27 heavy (non-hydrogen) atoms. The molecular weight excluding hydrogens is 338 g/mol. The van der Waals surface area contributed by atoms with Crippen LogP contribution in [0.5, 0.6) is 0 Å². The van der Waals surface area contributed by atoms with Crippen LogP contribution in [0.15, 0.2) is 30.3 Å². The number of benzene rings is 1. The predicted molar refractivity (Wildman–Crippen MR) is 106 cm³/mol. The number of hydroxylamine groups is 2. The molecule has 5 heteroatoms. The lowest BCUT2D eigenvalue weighted by Gasteiger charge is -2.53. The van der Waals surface area contributed by atoms with E-state index in [1.54, 1.807) is 14.2 Å². The van der Waals surface area contributed by atoms with Crippen molar-refractivity contribution in [1.29, 1.82) is 0 Å². The molecule has 1 fully saturated rings. The molecule has 0 bridgehead atoms. The molecule has 1 aromatic heterocycles. The van der Waals surface area contributed by atoms with Crippen molar-refractivity contribution in [2.75, 3.05) is 27.2 Å². The van der Waals surface area contributed by atoms with Gasteiger partial charge in [0, 0.05) is 30.1 Å². The van der Waals surface area contributed by atoms with Gasteiger partial charge < -0.3 is 4.57 Å². The largest absolute Gasteiger partial charge is 0.307 e. The van der Waals surface area contributed by atoms with Crippen molar-refractivity contribution in [3.05, 3.63) is 41.6 Å². The summed E-state index contributed by atoms with van der Waals surface area (Å²) in [5.41, 5.74) is 4.70. The molecule has 3 aliphatic rings. The summed E-state index contributed by atoms with van der Waals surface area (Å²) in [7, 11) is 3.24. The van der Waals surface area contributed by atoms with Gasteiger partial charge in [-0.3, -0.25) is 14.5 Å². The van der Waals surface area contributed by atoms with Gasteiger partial charge in [-0.15, -0.1) is 0 Å². The van der Waals surface area contributed by atoms with Crippen molar-refractivity contribution in [3.63, 3.8) is 0 Å². The van der Waals surface area contributed by atoms with Crippen molar-refractivity contribution in [2.45, 2.75) is 38.6 Å². The molecule has 0 unspecified atom stereocenters. The molecule has 0 saturated carbocycles. The van der Waals surface area contributed by atoms with E-state index in [0.29, 0.717) is 6.04 Å². The van der Waals surface area contributed by atoms with Crippen molar-refractivity contribution in [2.24, 2.45) is 5.41 Å². The Hall–Kier alpha value is -2.11. The first-order valence-electron chi connectivity index (χ1n) is 10.0. The van der Waals surface area contributed by atoms with Gasteiger partial charge in [0.05, 0.1) is 18.7 Å². The molecule has 0 aliphatic carbocycles. The van der Waals surface area contributed by atoms with E-state index in [-0.39, 0.29) is 11.3 Å². The average molecular weight is 365 g/mol. The van der Waals surface area contributed by atoms with Crippen LogP contribution in [0.3, 0.4) is 0 Å². The Morgan fingerprint density at radius 3 is 2.93 bits per heavy atom. The maximum atomic E-state index is 13.3. The molecule has 0 N–H and O–H groups in total. The number of hydrogen-bond acceptors (Lipinski definition) is 3. The van der Waals surface area contributed by atoms with Gasteiger partial charge in [-0.1, -0.05) is 25.1 Å². The molecular formula is C22H27N3O2. The van der Waals surface area contributed by atoms with Gasteiger partial charge in [0.25, 0.3) is 5.91 Å². The lowest BCUT2D eigenvalue weighted by molar-refractivity contribution is -0.162. The zero-order valence-corrected chi connectivity index (χ0v) is 16.4. The summed E-state index contributed by atoms with van der Waals surface area (Å²) in [6.07, 6.45) is 6.71. The van der Waals surface area contributed by atoms with Crippen LogP contribution in [0.1, 0.15) is 43.5 Å². The molecule has 2 atom stereocenters. The quantitative estimate of drug-likeness (QED) is 0.780. The fourth-order valence-electron chi connectivity index (χ4n) is 5.68. The Kier molecular flexibility index (Phi) is 3.75. The molecule has 3 aliphatic heterocycles. The number of nitrogens with zero attached hydrogens (tertiary/aromatic N) is 3. The number of para-hydroxylation sites is 1. The highest BCUT2D eigenvalue weighted by atomic mass is 16.7. The van der Waals surface area contributed by atoms with E-state index >= 15 is 0 Å². The van der Waals surface area contributed by atoms with Crippen LogP contribution in [0.2, 0.25) is 0 Å². The Labute approximate surface area is 160 Å². The maximum Gasteiger partial charge on any atom is 0.293 e. The summed E-state index contributed by atoms with van der Waals surface area (Å²) in [4.78, 5) is 21.2. The molecule has 1 saturated heterocycles. The minimum Gasteiger partial charge on any atom is -0.307 e. The summed E-state index contributed by atoms with van der Waals surface area (Å²) in [6.45, 7) is 4.54. The van der Waals surface area contributed by atoms with E-state index in [4.69, 9.17) is 4.84 Å². The molecule has 142 valence electrons. The average Bonchev–Trinajstić information content (AvgIpc) is 3.06. The topological polar surface area (TPSA) is 37.7 Å². The van der Waals surface area contributed by atoms with Crippen LogP contribution in [0.4, 0.5) is 0 Å². The van der Waals surface area contributed by atoms with E-state index in [0.717, 1.165) is 43.6 Å². The van der Waals surface area contributed by atoms with Crippen LogP contribution in [-0.2, 0) is 16.1 Å². The number of fused-ring (bicyclic) bond motifs is 3. The Morgan fingerprint density at radius 2 is 2.15 bits per heavy atom. The Bertz CT molecular complexity index is 960. The normalized spacial score (nSPS) is 26.6. The van der Waals surface area contributed by atoms with Gasteiger partial charge in [-0.2, -0.15) is 0 Å². The highest BCUT2D eigenvalue weighted by Gasteiger charge is 2.51. The third-order valence-corrected chi connectivity index (χ3v) is 7.03. The summed E-state index contributed by atoms with van der Waals surface area (Å²) >= 11 is 0. The number of amides is 1. The third-order valence-electron chi connectivity index (χ3n) is 7.03. The maximum absolute atomic E-state index is 13.3. The molecule has 1 amide bonds. The summed E-state index contributed by atoms with van der Waals surface area (Å²) in [6, 6.07) is 8.91. The van der Waals surface area contributed by atoms with E-state index in [2.05, 4.69) is 46.7 Å². The number of aromatic nitrogens is 1. The minimum absolute atomic E-state index is 0.0252. The summed E-state index contributed by atoms with van der Waals surface area (Å²) in [5, 5.41) is 2.64. The number of carbonyl (C=O) groups excluding carboxylic acids is 1. The first kappa shape index (κ1) is 17.0. The first-order valence-corrected chi connectivity index (χ1v) is 10.0. The van der Waals surface area contributed by atoms with Crippen LogP contribution in [0, 0.1) is 5.41 Å². The second kappa shape index (κ2) is 5.94. The lowest BCUT2D eigenvalue weighted by atomic mass is 9.66. The Balaban J connectivity index is 1.85. The van der Waals surface area contributed by atoms with Crippen LogP contribution >= 0.6 is 0 Å². The third kappa shape index (κ3) is 2.15. The zero-order chi connectivity index (χ0) is 18.8. The predicted octanol–water partition coefficient (Wildman–Crippen LogP) is 3.61. The molecule has 0 spiro atoms. The number of rotatable bonds is 3. The fourth-order valence-corrected chi connectivity index (χ4v) is 5.68. The molecule has 5 rings (SSSR count). The molecule has 2 aromatic rings. The highest BCUT2D eigenvalue weighted by molar-refractivity contribution is 6.16. The number of piperidine rings is 1. The second-order valence-electron chi connectivity index (χ2n) is 8.11. The van der Waals surface area contributed by atoms with E-state index in [9.17, 15) is 4.79 Å². The second-order valence-corrected chi connectivity index (χ2v) is 8.11. The SMILES string of the molecule is CC[C@@]12C=C(C(=O)N(C)OC)n3c4c(c5ccccc53)CCN(CCC1)[C@H]42. The van der Waals surface area contributed by atoms with Gasteiger partial charge in [-0.25, -0.2) is 5.06 Å². The van der Waals surface area contributed by atoms with Crippen molar-refractivity contribution >= 4 is 22.5 Å². The number of likely N-dealkylation sites (N-methyl/N-ethyl adjacent to an activating group) is 1. The highest BCUT2D eigenvalue weighted by Crippen LogP contribution is 2.57. The lowest BCUT2D eigenvalue weighted by Crippen LogP contribution is -2.51. The Morgan fingerprint density at radius 1 is 1.33 bits per heavy atom. The van der Waals surface area contributed by atoms with Gasteiger partial charge in [0.2, 0.25) is 0 Å². The van der Waals surface area contributed by atoms with Crippen LogP contribution in [0.25, 0.3) is 16.6 Å². The molecule has 1 aromatic carbocycles. The minimum atomic E-state index is -0.0741. The smallest absolute Gasteiger partial charge is 0.293 e. The van der Waals surface area contributed by atoms with E-state index in [1.165, 1.54) is 28.1 Å². The van der Waals surface area contributed by atoms with Crippen LogP contribution in [-0.4, -0.2) is 47.7 Å². The van der Waals surface area contributed by atoms with E-state index in [1.807, 2.05) is 0 Å². The first-order chi connectivity index (χ1) is 13.1. The van der Waals surface area contributed by atoms with Crippen molar-refractivity contribution in [1.82, 2.24) is 14.5 Å². The standard InChI is InChI=1S/C22H27N3O2/c1-4-22-11-7-12-24-13-10-16-15-8-5-6-9-17(15)25(19(16)20(22)24)18(14-22)21(26)23(2)27-3/h5-6,8-9,14,20H,4,7,10-13H2,1-3H3/t20-,22+/m1/s1. The van der Waals surface area contributed by atoms with Crippen molar-refractivity contribution in [3.8, 4) is 0 Å². The van der Waals surface area contributed by atoms with E-state index < -0.39 is 0 Å². The zero-order valence-electron chi connectivity index (χ0n) is 16.4. The summed E-state index contributed by atoms with van der Waals surface area (Å²) < 4.78 is 2.23. The van der Waals surface area contributed by atoms with Gasteiger partial charge >= 0.3 is 0 Å². The fraction of sp³-hybridized carbons (Fsp3) is 0.500. The molecule has 0 radical (unpaired) electrons. The number of hydrogen-bond donors (Lipinski definition) is 0. The van der Waals surface area contributed by atoms with Gasteiger partial charge in [0.1, 0.15) is 5.70 Å². The van der Waals surface area contributed by atoms with Gasteiger partial charge in [-0.05, 0) is 49.9 Å². The molecule has 4 heterocycles. The van der Waals surface area contributed by atoms with Crippen LogP contribution < -0.4 is 0 Å². The van der Waals surface area contributed by atoms with Crippen molar-refractivity contribution < 1.29 is 9.63 Å². The monoisotopic (exact) mass is 365 g/mol. The summed E-state index contributed by atoms with van der Waals surface area (Å²) in [5.74, 6) is -0.0741. The molecule has 5 nitrogen and oxygen atoms in total. The number of carbonyl (C=O) groups is 1.